The van der Waals surface area contributed by atoms with Crippen molar-refractivity contribution < 1.29 is 19.1 Å². The Morgan fingerprint density at radius 2 is 1.69 bits per heavy atom. The molecule has 2 aromatic rings. The molecule has 2 aliphatic rings. The minimum absolute atomic E-state index is 0.00280. The predicted molar refractivity (Wildman–Crippen MR) is 110 cm³/mol. The summed E-state index contributed by atoms with van der Waals surface area (Å²) >= 11 is 0. The van der Waals surface area contributed by atoms with E-state index in [0.717, 1.165) is 28.0 Å². The van der Waals surface area contributed by atoms with Crippen LogP contribution in [-0.4, -0.2) is 25.9 Å². The van der Waals surface area contributed by atoms with Gasteiger partial charge in [0.1, 0.15) is 0 Å². The summed E-state index contributed by atoms with van der Waals surface area (Å²) in [5.41, 5.74) is 4.72. The molecule has 2 unspecified atom stereocenters. The fraction of sp³-hybridized carbons (Fsp3) is 0.333. The van der Waals surface area contributed by atoms with Crippen molar-refractivity contribution in [2.75, 3.05) is 14.2 Å². The first-order valence-corrected chi connectivity index (χ1v) is 9.85. The zero-order valence-electron chi connectivity index (χ0n) is 17.0. The van der Waals surface area contributed by atoms with E-state index in [9.17, 15) is 9.59 Å². The number of carbonyl (C=O) groups excluding carboxylic acids is 2. The third-order valence-electron chi connectivity index (χ3n) is 5.98. The van der Waals surface area contributed by atoms with Crippen molar-refractivity contribution in [2.24, 2.45) is 0 Å². The predicted octanol–water partition coefficient (Wildman–Crippen LogP) is 4.02. The lowest BCUT2D eigenvalue weighted by molar-refractivity contribution is -0.122. The molecule has 0 saturated carbocycles. The number of hydrogen-bond donors (Lipinski definition) is 1. The van der Waals surface area contributed by atoms with Crippen LogP contribution in [-0.2, 0) is 9.59 Å². The van der Waals surface area contributed by atoms with Crippen molar-refractivity contribution in [3.05, 3.63) is 70.4 Å². The fourth-order valence-electron chi connectivity index (χ4n) is 4.55. The maximum absolute atomic E-state index is 13.2. The molecule has 1 aliphatic carbocycles. The molecule has 5 nitrogen and oxygen atoms in total. The lowest BCUT2D eigenvalue weighted by Gasteiger charge is -2.35. The zero-order valence-corrected chi connectivity index (χ0v) is 17.0. The Hall–Kier alpha value is -3.08. The first-order chi connectivity index (χ1) is 14.0. The summed E-state index contributed by atoms with van der Waals surface area (Å²) in [6.07, 6.45) is 1.37. The topological polar surface area (TPSA) is 64.6 Å². The largest absolute Gasteiger partial charge is 0.493 e. The van der Waals surface area contributed by atoms with Crippen molar-refractivity contribution in [2.45, 2.75) is 38.0 Å². The van der Waals surface area contributed by atoms with E-state index in [1.807, 2.05) is 49.4 Å². The summed E-state index contributed by atoms with van der Waals surface area (Å²) in [5, 5.41) is 2.98. The summed E-state index contributed by atoms with van der Waals surface area (Å²) in [6, 6.07) is 13.7. The molecule has 29 heavy (non-hydrogen) atoms. The van der Waals surface area contributed by atoms with Gasteiger partial charge in [-0.1, -0.05) is 30.3 Å². The van der Waals surface area contributed by atoms with E-state index in [0.29, 0.717) is 30.8 Å². The highest BCUT2D eigenvalue weighted by Gasteiger charge is 2.38. The Morgan fingerprint density at radius 3 is 2.41 bits per heavy atom. The standard InChI is InChI=1S/C24H25NO4/c1-14-6-4-5-7-17(14)18-13-23(27)25-19-10-16(11-20(26)24(18)19)15-8-9-21(28-2)22(12-15)29-3/h4-9,12,16,18H,10-11,13H2,1-3H3,(H,25,27). The molecule has 1 amide bonds. The summed E-state index contributed by atoms with van der Waals surface area (Å²) < 4.78 is 10.7. The Balaban J connectivity index is 1.71. The van der Waals surface area contributed by atoms with Gasteiger partial charge < -0.3 is 14.8 Å². The Morgan fingerprint density at radius 1 is 0.931 bits per heavy atom. The number of ether oxygens (including phenoxy) is 2. The second-order valence-corrected chi connectivity index (χ2v) is 7.70. The number of methoxy groups -OCH3 is 2. The van der Waals surface area contributed by atoms with Gasteiger partial charge in [-0.15, -0.1) is 0 Å². The van der Waals surface area contributed by atoms with Gasteiger partial charge in [0.15, 0.2) is 17.3 Å². The average molecular weight is 391 g/mol. The number of ketones is 1. The van der Waals surface area contributed by atoms with Gasteiger partial charge in [-0.2, -0.15) is 0 Å². The first kappa shape index (κ1) is 19.2. The minimum Gasteiger partial charge on any atom is -0.493 e. The van der Waals surface area contributed by atoms with Crippen molar-refractivity contribution in [1.82, 2.24) is 5.32 Å². The van der Waals surface area contributed by atoms with Crippen LogP contribution in [0, 0.1) is 6.92 Å². The van der Waals surface area contributed by atoms with Gasteiger partial charge in [0.05, 0.1) is 14.2 Å². The second kappa shape index (κ2) is 7.74. The summed E-state index contributed by atoms with van der Waals surface area (Å²) in [7, 11) is 3.20. The smallest absolute Gasteiger partial charge is 0.225 e. The van der Waals surface area contributed by atoms with Crippen LogP contribution in [0.4, 0.5) is 0 Å². The molecule has 0 saturated heterocycles. The van der Waals surface area contributed by atoms with Crippen LogP contribution >= 0.6 is 0 Å². The normalized spacial score (nSPS) is 21.5. The van der Waals surface area contributed by atoms with Gasteiger partial charge in [0.25, 0.3) is 0 Å². The molecule has 1 N–H and O–H groups in total. The zero-order chi connectivity index (χ0) is 20.5. The molecule has 0 fully saturated rings. The van der Waals surface area contributed by atoms with E-state index < -0.39 is 0 Å². The third kappa shape index (κ3) is 3.53. The van der Waals surface area contributed by atoms with Gasteiger partial charge in [-0.3, -0.25) is 9.59 Å². The quantitative estimate of drug-likeness (QED) is 0.855. The molecule has 2 atom stereocenters. The molecular formula is C24H25NO4. The van der Waals surface area contributed by atoms with E-state index >= 15 is 0 Å². The number of benzene rings is 2. The van der Waals surface area contributed by atoms with Crippen molar-refractivity contribution in [3.8, 4) is 11.5 Å². The number of amides is 1. The third-order valence-corrected chi connectivity index (χ3v) is 5.98. The number of aryl methyl sites for hydroxylation is 1. The number of allylic oxidation sites excluding steroid dienone is 2. The van der Waals surface area contributed by atoms with E-state index in [2.05, 4.69) is 5.32 Å². The van der Waals surface area contributed by atoms with Gasteiger partial charge >= 0.3 is 0 Å². The molecule has 1 aliphatic heterocycles. The molecule has 4 rings (SSSR count). The molecule has 0 bridgehead atoms. The van der Waals surface area contributed by atoms with Gasteiger partial charge in [-0.05, 0) is 48.1 Å². The average Bonchev–Trinajstić information content (AvgIpc) is 2.72. The maximum Gasteiger partial charge on any atom is 0.225 e. The summed E-state index contributed by atoms with van der Waals surface area (Å²) in [4.78, 5) is 25.7. The van der Waals surface area contributed by atoms with Crippen LogP contribution < -0.4 is 14.8 Å². The number of rotatable bonds is 4. The Labute approximate surface area is 170 Å². The fourth-order valence-corrected chi connectivity index (χ4v) is 4.55. The Kier molecular flexibility index (Phi) is 5.14. The van der Waals surface area contributed by atoms with Crippen molar-refractivity contribution in [3.63, 3.8) is 0 Å². The van der Waals surface area contributed by atoms with Gasteiger partial charge in [0.2, 0.25) is 5.91 Å². The summed E-state index contributed by atoms with van der Waals surface area (Å²) in [5.74, 6) is 1.21. The van der Waals surface area contributed by atoms with Gasteiger partial charge in [-0.25, -0.2) is 0 Å². The van der Waals surface area contributed by atoms with Crippen LogP contribution in [0.2, 0.25) is 0 Å². The highest BCUT2D eigenvalue weighted by atomic mass is 16.5. The number of carbonyl (C=O) groups is 2. The van der Waals surface area contributed by atoms with Crippen LogP contribution in [0.15, 0.2) is 53.7 Å². The molecule has 1 heterocycles. The first-order valence-electron chi connectivity index (χ1n) is 9.85. The van der Waals surface area contributed by atoms with Crippen molar-refractivity contribution >= 4 is 11.7 Å². The SMILES string of the molecule is COc1ccc(C2CC(=O)C3=C(C2)NC(=O)CC3c2ccccc2C)cc1OC. The minimum atomic E-state index is -0.168. The summed E-state index contributed by atoms with van der Waals surface area (Å²) in [6.45, 7) is 2.03. The van der Waals surface area contributed by atoms with Crippen LogP contribution in [0.5, 0.6) is 11.5 Å². The highest BCUT2D eigenvalue weighted by Crippen LogP contribution is 2.44. The maximum atomic E-state index is 13.2. The van der Waals surface area contributed by atoms with Crippen LogP contribution in [0.1, 0.15) is 47.8 Å². The molecule has 0 radical (unpaired) electrons. The van der Waals surface area contributed by atoms with Crippen LogP contribution in [0.25, 0.3) is 0 Å². The van der Waals surface area contributed by atoms with Crippen LogP contribution in [0.3, 0.4) is 0 Å². The highest BCUT2D eigenvalue weighted by molar-refractivity contribution is 6.02. The molecule has 0 aromatic heterocycles. The monoisotopic (exact) mass is 391 g/mol. The lowest BCUT2D eigenvalue weighted by atomic mass is 9.73. The molecule has 2 aromatic carbocycles. The number of hydrogen-bond acceptors (Lipinski definition) is 4. The molecule has 0 spiro atoms. The van der Waals surface area contributed by atoms with E-state index in [4.69, 9.17) is 9.47 Å². The van der Waals surface area contributed by atoms with Gasteiger partial charge in [0, 0.05) is 30.0 Å². The number of Topliss-reactive ketones (excluding diaryl/α,β-unsaturated/α-hetero) is 1. The second-order valence-electron chi connectivity index (χ2n) is 7.70. The van der Waals surface area contributed by atoms with Crippen molar-refractivity contribution in [1.29, 1.82) is 0 Å². The molecular weight excluding hydrogens is 366 g/mol. The Bertz CT molecular complexity index is 1010. The van der Waals surface area contributed by atoms with E-state index in [-0.39, 0.29) is 23.5 Å². The number of nitrogens with one attached hydrogen (secondary N) is 1. The molecule has 5 heteroatoms. The lowest BCUT2D eigenvalue weighted by Crippen LogP contribution is -2.38. The van der Waals surface area contributed by atoms with E-state index in [1.165, 1.54) is 0 Å². The molecule has 150 valence electrons. The van der Waals surface area contributed by atoms with E-state index in [1.54, 1.807) is 14.2 Å².